The molecule has 1 aromatic rings. The lowest BCUT2D eigenvalue weighted by Gasteiger charge is -2.29. The summed E-state index contributed by atoms with van der Waals surface area (Å²) in [7, 11) is 0. The van der Waals surface area contributed by atoms with Crippen molar-refractivity contribution in [3.8, 4) is 5.75 Å². The first kappa shape index (κ1) is 17.3. The molecule has 0 aromatic heterocycles. The van der Waals surface area contributed by atoms with Crippen LogP contribution in [0.4, 0.5) is 0 Å². The van der Waals surface area contributed by atoms with Gasteiger partial charge in [0.25, 0.3) is 0 Å². The standard InChI is InChI=1S/C18H26O3/c1-8-12(16(20)21)11-9-13(17(2,3)4)15(19)14(10-11)18(5,6)7/h8-10,12,19H,1H2,2-7H3,(H,20,21). The molecular formula is C18H26O3. The fraction of sp³-hybridized carbons (Fsp3) is 0.500. The van der Waals surface area contributed by atoms with Crippen LogP contribution in [0.25, 0.3) is 0 Å². The minimum Gasteiger partial charge on any atom is -0.507 e. The van der Waals surface area contributed by atoms with Crippen LogP contribution in [0.3, 0.4) is 0 Å². The molecule has 0 spiro atoms. The van der Waals surface area contributed by atoms with Gasteiger partial charge in [-0.1, -0.05) is 59.8 Å². The molecule has 1 atom stereocenters. The summed E-state index contributed by atoms with van der Waals surface area (Å²) in [6.45, 7) is 15.6. The van der Waals surface area contributed by atoms with Gasteiger partial charge in [0.05, 0.1) is 5.92 Å². The van der Waals surface area contributed by atoms with E-state index in [1.54, 1.807) is 12.1 Å². The van der Waals surface area contributed by atoms with Crippen molar-refractivity contribution in [1.82, 2.24) is 0 Å². The van der Waals surface area contributed by atoms with Gasteiger partial charge in [0.1, 0.15) is 5.75 Å². The summed E-state index contributed by atoms with van der Waals surface area (Å²) in [6, 6.07) is 3.57. The first-order chi connectivity index (χ1) is 9.39. The van der Waals surface area contributed by atoms with Gasteiger partial charge in [-0.05, 0) is 27.5 Å². The van der Waals surface area contributed by atoms with E-state index < -0.39 is 11.9 Å². The van der Waals surface area contributed by atoms with Gasteiger partial charge in [-0.15, -0.1) is 6.58 Å². The Morgan fingerprint density at radius 1 is 1.10 bits per heavy atom. The van der Waals surface area contributed by atoms with Gasteiger partial charge < -0.3 is 10.2 Å². The average molecular weight is 290 g/mol. The molecule has 0 saturated heterocycles. The molecule has 3 nitrogen and oxygen atoms in total. The molecular weight excluding hydrogens is 264 g/mol. The molecule has 3 heteroatoms. The minimum atomic E-state index is -0.935. The number of aromatic hydroxyl groups is 1. The second-order valence-corrected chi connectivity index (χ2v) is 7.52. The molecule has 1 aromatic carbocycles. The fourth-order valence-electron chi connectivity index (χ4n) is 2.36. The highest BCUT2D eigenvalue weighted by Gasteiger charge is 2.29. The van der Waals surface area contributed by atoms with Crippen LogP contribution >= 0.6 is 0 Å². The Morgan fingerprint density at radius 2 is 1.48 bits per heavy atom. The SMILES string of the molecule is C=CC(C(=O)O)c1cc(C(C)(C)C)c(O)c(C(C)(C)C)c1. The second kappa shape index (κ2) is 5.55. The molecule has 0 saturated carbocycles. The molecule has 2 N–H and O–H groups in total. The molecule has 0 aliphatic heterocycles. The predicted octanol–water partition coefficient (Wildman–Crippen LogP) is 4.34. The molecule has 116 valence electrons. The number of benzene rings is 1. The van der Waals surface area contributed by atoms with Gasteiger partial charge in [-0.25, -0.2) is 0 Å². The third-order valence-electron chi connectivity index (χ3n) is 3.61. The summed E-state index contributed by atoms with van der Waals surface area (Å²) < 4.78 is 0. The van der Waals surface area contributed by atoms with Gasteiger partial charge in [-0.3, -0.25) is 4.79 Å². The largest absolute Gasteiger partial charge is 0.507 e. The zero-order valence-corrected chi connectivity index (χ0v) is 13.8. The van der Waals surface area contributed by atoms with Crippen LogP contribution in [-0.4, -0.2) is 16.2 Å². The molecule has 0 aliphatic rings. The van der Waals surface area contributed by atoms with E-state index in [-0.39, 0.29) is 16.6 Å². The van der Waals surface area contributed by atoms with Crippen molar-refractivity contribution in [2.75, 3.05) is 0 Å². The van der Waals surface area contributed by atoms with Crippen molar-refractivity contribution in [2.45, 2.75) is 58.3 Å². The van der Waals surface area contributed by atoms with Gasteiger partial charge in [-0.2, -0.15) is 0 Å². The molecule has 0 aliphatic carbocycles. The average Bonchev–Trinajstić information content (AvgIpc) is 2.28. The monoisotopic (exact) mass is 290 g/mol. The maximum absolute atomic E-state index is 11.4. The topological polar surface area (TPSA) is 57.5 Å². The van der Waals surface area contributed by atoms with E-state index in [0.29, 0.717) is 5.56 Å². The van der Waals surface area contributed by atoms with Gasteiger partial charge in [0.2, 0.25) is 0 Å². The van der Waals surface area contributed by atoms with Crippen LogP contribution < -0.4 is 0 Å². The number of aliphatic carboxylic acids is 1. The normalized spacial score (nSPS) is 13.8. The summed E-state index contributed by atoms with van der Waals surface area (Å²) in [5.74, 6) is -1.45. The minimum absolute atomic E-state index is 0.256. The highest BCUT2D eigenvalue weighted by atomic mass is 16.4. The van der Waals surface area contributed by atoms with Gasteiger partial charge in [0, 0.05) is 0 Å². The Bertz CT molecular complexity index is 522. The first-order valence-corrected chi connectivity index (χ1v) is 7.12. The van der Waals surface area contributed by atoms with Crippen molar-refractivity contribution < 1.29 is 15.0 Å². The maximum Gasteiger partial charge on any atom is 0.314 e. The van der Waals surface area contributed by atoms with Crippen LogP contribution in [0.15, 0.2) is 24.8 Å². The molecule has 1 rings (SSSR count). The highest BCUT2D eigenvalue weighted by Crippen LogP contribution is 2.41. The number of phenolic OH excluding ortho intramolecular Hbond substituents is 1. The second-order valence-electron chi connectivity index (χ2n) is 7.52. The molecule has 0 amide bonds. The third-order valence-corrected chi connectivity index (χ3v) is 3.61. The third kappa shape index (κ3) is 3.66. The van der Waals surface area contributed by atoms with Crippen LogP contribution in [0.5, 0.6) is 5.75 Å². The van der Waals surface area contributed by atoms with E-state index in [1.807, 2.05) is 41.5 Å². The smallest absolute Gasteiger partial charge is 0.314 e. The van der Waals surface area contributed by atoms with E-state index in [0.717, 1.165) is 11.1 Å². The lowest BCUT2D eigenvalue weighted by atomic mass is 9.77. The number of carboxylic acid groups (broad SMARTS) is 1. The Balaban J connectivity index is 3.70. The van der Waals surface area contributed by atoms with Crippen molar-refractivity contribution >= 4 is 5.97 Å². The van der Waals surface area contributed by atoms with E-state index in [2.05, 4.69) is 6.58 Å². The van der Waals surface area contributed by atoms with Crippen molar-refractivity contribution in [1.29, 1.82) is 0 Å². The maximum atomic E-state index is 11.4. The Labute approximate surface area is 127 Å². The lowest BCUT2D eigenvalue weighted by Crippen LogP contribution is -2.19. The number of rotatable bonds is 3. The Kier molecular flexibility index (Phi) is 4.57. The van der Waals surface area contributed by atoms with Crippen LogP contribution in [-0.2, 0) is 15.6 Å². The fourth-order valence-corrected chi connectivity index (χ4v) is 2.36. The molecule has 0 bridgehead atoms. The van der Waals surface area contributed by atoms with E-state index in [9.17, 15) is 15.0 Å². The zero-order valence-electron chi connectivity index (χ0n) is 13.8. The molecule has 0 radical (unpaired) electrons. The zero-order chi connectivity index (χ0) is 16.6. The Hall–Kier alpha value is -1.77. The van der Waals surface area contributed by atoms with Crippen LogP contribution in [0.1, 0.15) is 64.2 Å². The van der Waals surface area contributed by atoms with Crippen LogP contribution in [0, 0.1) is 0 Å². The number of hydrogen-bond donors (Lipinski definition) is 2. The van der Waals surface area contributed by atoms with Crippen molar-refractivity contribution in [3.63, 3.8) is 0 Å². The summed E-state index contributed by atoms with van der Waals surface area (Å²) >= 11 is 0. The molecule has 21 heavy (non-hydrogen) atoms. The lowest BCUT2D eigenvalue weighted by molar-refractivity contribution is -0.137. The van der Waals surface area contributed by atoms with Crippen molar-refractivity contribution in [2.24, 2.45) is 0 Å². The quantitative estimate of drug-likeness (QED) is 0.814. The number of carbonyl (C=O) groups is 1. The summed E-state index contributed by atoms with van der Waals surface area (Å²) in [5.41, 5.74) is 1.63. The summed E-state index contributed by atoms with van der Waals surface area (Å²) in [5, 5.41) is 20.0. The first-order valence-electron chi connectivity index (χ1n) is 7.12. The summed E-state index contributed by atoms with van der Waals surface area (Å²) in [6.07, 6.45) is 1.42. The highest BCUT2D eigenvalue weighted by molar-refractivity contribution is 5.79. The van der Waals surface area contributed by atoms with Crippen molar-refractivity contribution in [3.05, 3.63) is 41.5 Å². The van der Waals surface area contributed by atoms with Gasteiger partial charge in [0.15, 0.2) is 0 Å². The number of hydrogen-bond acceptors (Lipinski definition) is 2. The molecule has 0 heterocycles. The van der Waals surface area contributed by atoms with E-state index in [4.69, 9.17) is 0 Å². The van der Waals surface area contributed by atoms with E-state index in [1.165, 1.54) is 6.08 Å². The number of phenols is 1. The predicted molar refractivity (Wildman–Crippen MR) is 86.1 cm³/mol. The van der Waals surface area contributed by atoms with Gasteiger partial charge >= 0.3 is 5.97 Å². The summed E-state index contributed by atoms with van der Waals surface area (Å²) in [4.78, 5) is 11.4. The molecule has 1 unspecified atom stereocenters. The Morgan fingerprint density at radius 3 is 1.71 bits per heavy atom. The molecule has 0 fully saturated rings. The number of carboxylic acids is 1. The van der Waals surface area contributed by atoms with Crippen LogP contribution in [0.2, 0.25) is 0 Å². The van der Waals surface area contributed by atoms with E-state index >= 15 is 0 Å².